The lowest BCUT2D eigenvalue weighted by atomic mass is 10.1. The monoisotopic (exact) mass is 341 g/mol. The van der Waals surface area contributed by atoms with E-state index in [2.05, 4.69) is 89.7 Å². The molecule has 0 saturated carbocycles. The Morgan fingerprint density at radius 2 is 1.46 bits per heavy atom. The molecule has 26 heavy (non-hydrogen) atoms. The summed E-state index contributed by atoms with van der Waals surface area (Å²) in [6.45, 7) is 8.53. The van der Waals surface area contributed by atoms with Crippen molar-refractivity contribution in [2.24, 2.45) is 0 Å². The van der Waals surface area contributed by atoms with E-state index in [1.807, 2.05) is 19.2 Å². The number of pyridine rings is 1. The Balaban J connectivity index is 1.99. The first kappa shape index (κ1) is 16.4. The van der Waals surface area contributed by atoms with Crippen LogP contribution in [0.3, 0.4) is 0 Å². The Morgan fingerprint density at radius 1 is 0.769 bits per heavy atom. The Kier molecular flexibility index (Phi) is 4.00. The second-order valence-electron chi connectivity index (χ2n) is 6.88. The standard InChI is InChI=1S/C23H23N3/c1-16-12-22(25-11-7-10-24-19(25)4)18(3)23(13-16)26-15-21-9-6-5-8-20(21)14-17(26)2/h5-15H,1-4H3/q+2. The molecule has 0 amide bonds. The Bertz CT molecular complexity index is 1130. The third kappa shape index (κ3) is 2.76. The molecule has 0 bridgehead atoms. The van der Waals surface area contributed by atoms with Gasteiger partial charge in [-0.2, -0.15) is 9.13 Å². The van der Waals surface area contributed by atoms with Gasteiger partial charge in [0.2, 0.25) is 5.69 Å². The molecule has 4 aromatic rings. The van der Waals surface area contributed by atoms with Crippen LogP contribution >= 0.6 is 0 Å². The van der Waals surface area contributed by atoms with Crippen molar-refractivity contribution < 1.29 is 9.13 Å². The summed E-state index contributed by atoms with van der Waals surface area (Å²) in [6.07, 6.45) is 6.14. The van der Waals surface area contributed by atoms with Crippen LogP contribution in [0.1, 0.15) is 22.6 Å². The number of hydrogen-bond acceptors (Lipinski definition) is 1. The summed E-state index contributed by atoms with van der Waals surface area (Å²) in [4.78, 5) is 4.44. The summed E-state index contributed by atoms with van der Waals surface area (Å²) in [5, 5.41) is 2.51. The number of rotatable bonds is 2. The molecule has 0 aliphatic carbocycles. The summed E-state index contributed by atoms with van der Waals surface area (Å²) in [6, 6.07) is 17.2. The fourth-order valence-corrected chi connectivity index (χ4v) is 3.58. The summed E-state index contributed by atoms with van der Waals surface area (Å²) < 4.78 is 4.45. The molecule has 0 fully saturated rings. The van der Waals surface area contributed by atoms with Crippen LogP contribution < -0.4 is 9.13 Å². The molecule has 2 aromatic heterocycles. The minimum Gasteiger partial charge on any atom is -0.200 e. The van der Waals surface area contributed by atoms with E-state index in [-0.39, 0.29) is 0 Å². The average molecular weight is 341 g/mol. The highest BCUT2D eigenvalue weighted by Gasteiger charge is 2.21. The van der Waals surface area contributed by atoms with Gasteiger partial charge in [-0.1, -0.05) is 23.2 Å². The maximum Gasteiger partial charge on any atom is 0.300 e. The van der Waals surface area contributed by atoms with Gasteiger partial charge in [0.1, 0.15) is 18.1 Å². The van der Waals surface area contributed by atoms with E-state index < -0.39 is 0 Å². The molecule has 0 spiro atoms. The minimum atomic E-state index is 0.979. The maximum absolute atomic E-state index is 4.44. The zero-order valence-electron chi connectivity index (χ0n) is 15.7. The summed E-state index contributed by atoms with van der Waals surface area (Å²) in [5.41, 5.74) is 6.07. The van der Waals surface area contributed by atoms with Crippen molar-refractivity contribution in [3.8, 4) is 11.4 Å². The van der Waals surface area contributed by atoms with Gasteiger partial charge in [-0.15, -0.1) is 0 Å². The first-order valence-corrected chi connectivity index (χ1v) is 8.91. The normalized spacial score (nSPS) is 11.1. The zero-order chi connectivity index (χ0) is 18.3. The van der Waals surface area contributed by atoms with Gasteiger partial charge < -0.3 is 0 Å². The lowest BCUT2D eigenvalue weighted by Crippen LogP contribution is -2.39. The van der Waals surface area contributed by atoms with Crippen LogP contribution in [0, 0.1) is 27.7 Å². The molecule has 128 valence electrons. The van der Waals surface area contributed by atoms with Gasteiger partial charge in [0.05, 0.1) is 5.56 Å². The Labute approximate surface area is 154 Å². The van der Waals surface area contributed by atoms with E-state index in [0.717, 1.165) is 5.82 Å². The minimum absolute atomic E-state index is 0.979. The molecular weight excluding hydrogens is 318 g/mol. The van der Waals surface area contributed by atoms with Crippen LogP contribution in [0.2, 0.25) is 0 Å². The predicted molar refractivity (Wildman–Crippen MR) is 104 cm³/mol. The lowest BCUT2D eigenvalue weighted by molar-refractivity contribution is -0.613. The van der Waals surface area contributed by atoms with Crippen LogP contribution in [0.25, 0.3) is 22.1 Å². The molecule has 3 heteroatoms. The van der Waals surface area contributed by atoms with Crippen molar-refractivity contribution in [2.45, 2.75) is 27.7 Å². The molecule has 0 saturated heterocycles. The van der Waals surface area contributed by atoms with Crippen molar-refractivity contribution in [2.75, 3.05) is 0 Å². The van der Waals surface area contributed by atoms with Crippen molar-refractivity contribution in [1.82, 2.24) is 4.98 Å². The molecule has 2 aromatic carbocycles. The molecule has 3 nitrogen and oxygen atoms in total. The topological polar surface area (TPSA) is 20.6 Å². The first-order valence-electron chi connectivity index (χ1n) is 8.91. The summed E-state index contributed by atoms with van der Waals surface area (Å²) in [5.74, 6) is 0.979. The highest BCUT2D eigenvalue weighted by Crippen LogP contribution is 2.20. The molecular formula is C23H23N3+2. The van der Waals surface area contributed by atoms with E-state index in [4.69, 9.17) is 0 Å². The van der Waals surface area contributed by atoms with Gasteiger partial charge >= 0.3 is 0 Å². The maximum atomic E-state index is 4.44. The molecule has 0 unspecified atom stereocenters. The number of aryl methyl sites for hydroxylation is 3. The summed E-state index contributed by atoms with van der Waals surface area (Å²) in [7, 11) is 0. The second kappa shape index (κ2) is 6.34. The van der Waals surface area contributed by atoms with E-state index in [0.29, 0.717) is 0 Å². The number of aromatic nitrogens is 3. The molecule has 4 rings (SSSR count). The lowest BCUT2D eigenvalue weighted by Gasteiger charge is -2.10. The average Bonchev–Trinajstić information content (AvgIpc) is 2.63. The highest BCUT2D eigenvalue weighted by molar-refractivity contribution is 5.81. The van der Waals surface area contributed by atoms with Crippen LogP contribution in [0.4, 0.5) is 0 Å². The first-order chi connectivity index (χ1) is 12.5. The largest absolute Gasteiger partial charge is 0.300 e. The molecule has 0 aliphatic rings. The fourth-order valence-electron chi connectivity index (χ4n) is 3.58. The SMILES string of the molecule is Cc1cc(-[n+]2cc3ccccc3cc2C)c(C)c(-[n+]2cccnc2C)c1. The van der Waals surface area contributed by atoms with Gasteiger partial charge in [-0.3, -0.25) is 0 Å². The molecule has 0 aliphatic heterocycles. The van der Waals surface area contributed by atoms with Crippen molar-refractivity contribution >= 4 is 10.8 Å². The molecule has 0 N–H and O–H groups in total. The number of hydrogen-bond donors (Lipinski definition) is 0. The van der Waals surface area contributed by atoms with E-state index in [9.17, 15) is 0 Å². The van der Waals surface area contributed by atoms with Gasteiger partial charge in [0, 0.05) is 37.4 Å². The Morgan fingerprint density at radius 3 is 2.19 bits per heavy atom. The number of nitrogens with zero attached hydrogens (tertiary/aromatic N) is 3. The number of fused-ring (bicyclic) bond motifs is 1. The van der Waals surface area contributed by atoms with E-state index in [1.54, 1.807) is 0 Å². The van der Waals surface area contributed by atoms with Crippen LogP contribution in [0.15, 0.2) is 67.1 Å². The van der Waals surface area contributed by atoms with Gasteiger partial charge in [-0.05, 0) is 36.9 Å². The predicted octanol–water partition coefficient (Wildman–Crippen LogP) is 4.02. The van der Waals surface area contributed by atoms with Crippen molar-refractivity contribution in [1.29, 1.82) is 0 Å². The quantitative estimate of drug-likeness (QED) is 0.504. The fraction of sp³-hybridized carbons (Fsp3) is 0.174. The van der Waals surface area contributed by atoms with Gasteiger partial charge in [-0.25, -0.2) is 0 Å². The van der Waals surface area contributed by atoms with Crippen LogP contribution in [-0.4, -0.2) is 4.98 Å². The second-order valence-corrected chi connectivity index (χ2v) is 6.88. The Hall–Kier alpha value is -3.07. The van der Waals surface area contributed by atoms with Crippen LogP contribution in [0.5, 0.6) is 0 Å². The molecule has 0 radical (unpaired) electrons. The third-order valence-electron chi connectivity index (χ3n) is 4.96. The van der Waals surface area contributed by atoms with Crippen molar-refractivity contribution in [3.05, 3.63) is 89.8 Å². The van der Waals surface area contributed by atoms with Gasteiger partial charge in [0.25, 0.3) is 5.82 Å². The van der Waals surface area contributed by atoms with Crippen molar-refractivity contribution in [3.63, 3.8) is 0 Å². The summed E-state index contributed by atoms with van der Waals surface area (Å²) >= 11 is 0. The molecule has 0 atom stereocenters. The van der Waals surface area contributed by atoms with Gasteiger partial charge in [0.15, 0.2) is 11.9 Å². The van der Waals surface area contributed by atoms with Crippen LogP contribution in [-0.2, 0) is 0 Å². The van der Waals surface area contributed by atoms with E-state index >= 15 is 0 Å². The third-order valence-corrected chi connectivity index (χ3v) is 4.96. The smallest absolute Gasteiger partial charge is 0.200 e. The molecule has 2 heterocycles. The van der Waals surface area contributed by atoms with E-state index in [1.165, 1.54) is 39.0 Å². The highest BCUT2D eigenvalue weighted by atomic mass is 15.0. The zero-order valence-corrected chi connectivity index (χ0v) is 15.7. The number of benzene rings is 2.